The van der Waals surface area contributed by atoms with Crippen molar-refractivity contribution in [2.24, 2.45) is 0 Å². The number of benzene rings is 3. The molecule has 0 saturated carbocycles. The minimum Gasteiger partial charge on any atom is -0.495 e. The van der Waals surface area contributed by atoms with Crippen molar-refractivity contribution in [2.45, 2.75) is 57.6 Å². The SMILES string of the molecule is COc1ccc(C)cc1N(CC(=O)N(Cc1cccc(Cl)c1)C(C)C(=O)NC(C)(C)C)S(=O)(=O)c1ccccc1. The van der Waals surface area contributed by atoms with Gasteiger partial charge in [-0.3, -0.25) is 13.9 Å². The number of carbonyl (C=O) groups is 2. The Morgan fingerprint density at radius 1 is 1.00 bits per heavy atom. The second-order valence-corrected chi connectivity index (χ2v) is 12.9. The average Bonchev–Trinajstić information content (AvgIpc) is 2.89. The van der Waals surface area contributed by atoms with Gasteiger partial charge < -0.3 is 15.0 Å². The van der Waals surface area contributed by atoms with Gasteiger partial charge in [0, 0.05) is 17.1 Å². The summed E-state index contributed by atoms with van der Waals surface area (Å²) < 4.78 is 34.5. The van der Waals surface area contributed by atoms with Crippen LogP contribution in [0.4, 0.5) is 5.69 Å². The highest BCUT2D eigenvalue weighted by atomic mass is 35.5. The van der Waals surface area contributed by atoms with E-state index in [2.05, 4.69) is 5.32 Å². The molecule has 1 unspecified atom stereocenters. The van der Waals surface area contributed by atoms with E-state index in [-0.39, 0.29) is 28.8 Å². The third-order valence-electron chi connectivity index (χ3n) is 6.12. The van der Waals surface area contributed by atoms with Crippen molar-refractivity contribution in [3.05, 3.63) is 88.9 Å². The molecule has 214 valence electrons. The molecule has 0 aliphatic carbocycles. The maximum atomic E-state index is 14.1. The van der Waals surface area contributed by atoms with Crippen LogP contribution in [0.25, 0.3) is 0 Å². The fraction of sp³-hybridized carbons (Fsp3) is 0.333. The Kier molecular flexibility index (Phi) is 9.87. The molecule has 0 aromatic heterocycles. The first-order chi connectivity index (χ1) is 18.7. The van der Waals surface area contributed by atoms with Crippen molar-refractivity contribution < 1.29 is 22.7 Å². The molecule has 0 aliphatic rings. The Balaban J connectivity index is 2.10. The maximum Gasteiger partial charge on any atom is 0.264 e. The summed E-state index contributed by atoms with van der Waals surface area (Å²) in [6.45, 7) is 8.46. The number of carbonyl (C=O) groups excluding carboxylic acids is 2. The quantitative estimate of drug-likeness (QED) is 0.353. The lowest BCUT2D eigenvalue weighted by Gasteiger charge is -2.33. The molecule has 3 rings (SSSR count). The van der Waals surface area contributed by atoms with Gasteiger partial charge >= 0.3 is 0 Å². The monoisotopic (exact) mass is 585 g/mol. The number of ether oxygens (including phenoxy) is 1. The second kappa shape index (κ2) is 12.7. The molecule has 0 heterocycles. The zero-order chi connectivity index (χ0) is 29.7. The highest BCUT2D eigenvalue weighted by Gasteiger charge is 2.34. The van der Waals surface area contributed by atoms with Crippen LogP contribution in [0.3, 0.4) is 0 Å². The van der Waals surface area contributed by atoms with Gasteiger partial charge in [-0.2, -0.15) is 0 Å². The molecule has 3 aromatic rings. The smallest absolute Gasteiger partial charge is 0.264 e. The van der Waals surface area contributed by atoms with E-state index in [1.807, 2.05) is 27.7 Å². The molecule has 0 spiro atoms. The lowest BCUT2D eigenvalue weighted by atomic mass is 10.1. The van der Waals surface area contributed by atoms with E-state index in [9.17, 15) is 18.0 Å². The molecule has 8 nitrogen and oxygen atoms in total. The Bertz CT molecular complexity index is 1460. The summed E-state index contributed by atoms with van der Waals surface area (Å²) >= 11 is 6.19. The van der Waals surface area contributed by atoms with Crippen LogP contribution in [-0.2, 0) is 26.2 Å². The molecule has 0 fully saturated rings. The van der Waals surface area contributed by atoms with E-state index in [1.54, 1.807) is 67.6 Å². The Morgan fingerprint density at radius 2 is 1.68 bits per heavy atom. The van der Waals surface area contributed by atoms with Crippen molar-refractivity contribution in [1.82, 2.24) is 10.2 Å². The first-order valence-electron chi connectivity index (χ1n) is 12.8. The lowest BCUT2D eigenvalue weighted by Crippen LogP contribution is -2.54. The van der Waals surface area contributed by atoms with Gasteiger partial charge in [0.15, 0.2) is 0 Å². The number of aryl methyl sites for hydroxylation is 1. The number of nitrogens with zero attached hydrogens (tertiary/aromatic N) is 2. The summed E-state index contributed by atoms with van der Waals surface area (Å²) in [5.41, 5.74) is 1.16. The predicted molar refractivity (Wildman–Crippen MR) is 158 cm³/mol. The van der Waals surface area contributed by atoms with Crippen molar-refractivity contribution in [3.8, 4) is 5.75 Å². The molecular formula is C30H36ClN3O5S. The van der Waals surface area contributed by atoms with Gasteiger partial charge in [0.25, 0.3) is 10.0 Å². The lowest BCUT2D eigenvalue weighted by molar-refractivity contribution is -0.140. The number of hydrogen-bond acceptors (Lipinski definition) is 5. The van der Waals surface area contributed by atoms with Crippen molar-refractivity contribution >= 4 is 39.1 Å². The van der Waals surface area contributed by atoms with Gasteiger partial charge in [0.1, 0.15) is 18.3 Å². The van der Waals surface area contributed by atoms with Crippen LogP contribution in [0, 0.1) is 6.92 Å². The van der Waals surface area contributed by atoms with E-state index >= 15 is 0 Å². The third-order valence-corrected chi connectivity index (χ3v) is 8.13. The van der Waals surface area contributed by atoms with E-state index in [4.69, 9.17) is 16.3 Å². The van der Waals surface area contributed by atoms with Crippen LogP contribution in [0.5, 0.6) is 5.75 Å². The maximum absolute atomic E-state index is 14.1. The molecule has 3 aromatic carbocycles. The van der Waals surface area contributed by atoms with Gasteiger partial charge in [0.05, 0.1) is 17.7 Å². The minimum absolute atomic E-state index is 0.0197. The standard InChI is InChI=1S/C30H36ClN3O5S/c1-21-15-16-27(39-6)26(17-21)34(40(37,38)25-13-8-7-9-14-25)20-28(35)33(19-23-11-10-12-24(31)18-23)22(2)29(36)32-30(3,4)5/h7-18,22H,19-20H2,1-6H3,(H,32,36). The topological polar surface area (TPSA) is 96.0 Å². The normalized spacial score (nSPS) is 12.4. The van der Waals surface area contributed by atoms with E-state index in [0.717, 1.165) is 9.87 Å². The van der Waals surface area contributed by atoms with Crippen LogP contribution in [0.1, 0.15) is 38.8 Å². The number of anilines is 1. The first-order valence-corrected chi connectivity index (χ1v) is 14.6. The molecule has 10 heteroatoms. The fourth-order valence-corrected chi connectivity index (χ4v) is 5.77. The van der Waals surface area contributed by atoms with Crippen LogP contribution < -0.4 is 14.4 Å². The summed E-state index contributed by atoms with van der Waals surface area (Å²) in [5.74, 6) is -0.647. The van der Waals surface area contributed by atoms with Gasteiger partial charge in [-0.15, -0.1) is 0 Å². The number of amides is 2. The first kappa shape index (κ1) is 31.0. The van der Waals surface area contributed by atoms with Gasteiger partial charge in [0.2, 0.25) is 11.8 Å². The predicted octanol–water partition coefficient (Wildman–Crippen LogP) is 5.18. The number of methoxy groups -OCH3 is 1. The zero-order valence-corrected chi connectivity index (χ0v) is 25.2. The van der Waals surface area contributed by atoms with Crippen LogP contribution in [-0.4, -0.2) is 50.4 Å². The summed E-state index contributed by atoms with van der Waals surface area (Å²) in [6.07, 6.45) is 0. The Hall–Kier alpha value is -3.56. The number of sulfonamides is 1. The summed E-state index contributed by atoms with van der Waals surface area (Å²) in [4.78, 5) is 28.6. The molecule has 0 bridgehead atoms. The van der Waals surface area contributed by atoms with Gasteiger partial charge in [-0.05, 0) is 82.1 Å². The summed E-state index contributed by atoms with van der Waals surface area (Å²) in [7, 11) is -2.76. The Morgan fingerprint density at radius 3 is 2.27 bits per heavy atom. The van der Waals surface area contributed by atoms with Gasteiger partial charge in [-0.1, -0.05) is 48.0 Å². The highest BCUT2D eigenvalue weighted by molar-refractivity contribution is 7.92. The second-order valence-electron chi connectivity index (χ2n) is 10.6. The van der Waals surface area contributed by atoms with Crippen molar-refractivity contribution in [2.75, 3.05) is 18.0 Å². The van der Waals surface area contributed by atoms with Crippen molar-refractivity contribution in [3.63, 3.8) is 0 Å². The molecule has 40 heavy (non-hydrogen) atoms. The highest BCUT2D eigenvalue weighted by Crippen LogP contribution is 2.33. The molecule has 0 radical (unpaired) electrons. The number of halogens is 1. The van der Waals surface area contributed by atoms with E-state index < -0.39 is 34.1 Å². The van der Waals surface area contributed by atoms with Crippen LogP contribution in [0.2, 0.25) is 5.02 Å². The largest absolute Gasteiger partial charge is 0.495 e. The molecule has 1 N–H and O–H groups in total. The van der Waals surface area contributed by atoms with E-state index in [1.165, 1.54) is 24.1 Å². The summed E-state index contributed by atoms with van der Waals surface area (Å²) in [6, 6.07) is 19.1. The van der Waals surface area contributed by atoms with Crippen LogP contribution >= 0.6 is 11.6 Å². The summed E-state index contributed by atoms with van der Waals surface area (Å²) in [5, 5.41) is 3.39. The van der Waals surface area contributed by atoms with Crippen LogP contribution in [0.15, 0.2) is 77.7 Å². The number of hydrogen-bond donors (Lipinski definition) is 1. The van der Waals surface area contributed by atoms with Crippen molar-refractivity contribution in [1.29, 1.82) is 0 Å². The zero-order valence-electron chi connectivity index (χ0n) is 23.6. The minimum atomic E-state index is -4.20. The average molecular weight is 586 g/mol. The number of rotatable bonds is 10. The molecule has 0 aliphatic heterocycles. The third kappa shape index (κ3) is 7.76. The van der Waals surface area contributed by atoms with Gasteiger partial charge in [-0.25, -0.2) is 8.42 Å². The molecule has 2 amide bonds. The molecular weight excluding hydrogens is 550 g/mol. The number of nitrogens with one attached hydrogen (secondary N) is 1. The Labute approximate surface area is 241 Å². The fourth-order valence-electron chi connectivity index (χ4n) is 4.12. The van der Waals surface area contributed by atoms with E-state index in [0.29, 0.717) is 10.6 Å². The molecule has 0 saturated heterocycles. The molecule has 1 atom stereocenters.